The smallest absolute Gasteiger partial charge is 0.0642 e. The molecule has 0 radical (unpaired) electrons. The van der Waals surface area contributed by atoms with E-state index in [1.165, 1.54) is 16.7 Å². The molecule has 0 aliphatic rings. The number of hydrogen-bond acceptors (Lipinski definition) is 1. The molecule has 0 bridgehead atoms. The highest BCUT2D eigenvalue weighted by Crippen LogP contribution is 2.15. The highest BCUT2D eigenvalue weighted by molar-refractivity contribution is 5.57. The SMILES string of the molecule is C/C(=C/c1cccc(C)c1C)CO. The number of hydrogen-bond donors (Lipinski definition) is 1. The van der Waals surface area contributed by atoms with Crippen LogP contribution in [0.2, 0.25) is 0 Å². The van der Waals surface area contributed by atoms with E-state index >= 15 is 0 Å². The van der Waals surface area contributed by atoms with Crippen LogP contribution in [0, 0.1) is 13.8 Å². The van der Waals surface area contributed by atoms with E-state index in [-0.39, 0.29) is 6.61 Å². The van der Waals surface area contributed by atoms with Crippen LogP contribution in [0.5, 0.6) is 0 Å². The van der Waals surface area contributed by atoms with Crippen molar-refractivity contribution in [3.05, 3.63) is 40.5 Å². The van der Waals surface area contributed by atoms with Crippen LogP contribution in [0.4, 0.5) is 0 Å². The topological polar surface area (TPSA) is 20.2 Å². The third-order valence-corrected chi connectivity index (χ3v) is 2.30. The molecule has 1 aromatic carbocycles. The van der Waals surface area contributed by atoms with Crippen molar-refractivity contribution in [2.24, 2.45) is 0 Å². The van der Waals surface area contributed by atoms with E-state index in [9.17, 15) is 0 Å². The maximum absolute atomic E-state index is 8.89. The Balaban J connectivity index is 3.09. The average molecular weight is 176 g/mol. The van der Waals surface area contributed by atoms with Crippen molar-refractivity contribution in [1.29, 1.82) is 0 Å². The van der Waals surface area contributed by atoms with Gasteiger partial charge >= 0.3 is 0 Å². The number of benzene rings is 1. The lowest BCUT2D eigenvalue weighted by Gasteiger charge is -2.04. The Morgan fingerprint density at radius 3 is 2.69 bits per heavy atom. The van der Waals surface area contributed by atoms with E-state index in [1.54, 1.807) is 0 Å². The van der Waals surface area contributed by atoms with Crippen LogP contribution in [-0.2, 0) is 0 Å². The van der Waals surface area contributed by atoms with Gasteiger partial charge in [0.1, 0.15) is 0 Å². The number of rotatable bonds is 2. The van der Waals surface area contributed by atoms with Crippen molar-refractivity contribution >= 4 is 6.08 Å². The van der Waals surface area contributed by atoms with E-state index in [1.807, 2.05) is 19.1 Å². The molecule has 0 atom stereocenters. The Labute approximate surface area is 79.7 Å². The normalized spacial score (nSPS) is 11.8. The summed E-state index contributed by atoms with van der Waals surface area (Å²) < 4.78 is 0. The largest absolute Gasteiger partial charge is 0.392 e. The molecular weight excluding hydrogens is 160 g/mol. The van der Waals surface area contributed by atoms with E-state index in [0.29, 0.717) is 0 Å². The fraction of sp³-hybridized carbons (Fsp3) is 0.333. The maximum atomic E-state index is 8.89. The van der Waals surface area contributed by atoms with Crippen LogP contribution in [-0.4, -0.2) is 11.7 Å². The van der Waals surface area contributed by atoms with Crippen molar-refractivity contribution in [1.82, 2.24) is 0 Å². The Bertz CT molecular complexity index is 324. The second-order valence-electron chi connectivity index (χ2n) is 3.44. The number of aryl methyl sites for hydroxylation is 1. The molecule has 1 aromatic rings. The van der Waals surface area contributed by atoms with Crippen molar-refractivity contribution in [2.45, 2.75) is 20.8 Å². The predicted molar refractivity (Wildman–Crippen MR) is 56.7 cm³/mol. The molecule has 13 heavy (non-hydrogen) atoms. The maximum Gasteiger partial charge on any atom is 0.0642 e. The summed E-state index contributed by atoms with van der Waals surface area (Å²) in [6, 6.07) is 6.21. The zero-order valence-corrected chi connectivity index (χ0v) is 8.46. The number of aliphatic hydroxyl groups is 1. The lowest BCUT2D eigenvalue weighted by molar-refractivity contribution is 0.332. The summed E-state index contributed by atoms with van der Waals surface area (Å²) >= 11 is 0. The molecule has 70 valence electrons. The molecule has 0 amide bonds. The Hall–Kier alpha value is -1.08. The fourth-order valence-electron chi connectivity index (χ4n) is 1.24. The van der Waals surface area contributed by atoms with E-state index in [4.69, 9.17) is 5.11 Å². The summed E-state index contributed by atoms with van der Waals surface area (Å²) in [5, 5.41) is 8.89. The zero-order valence-electron chi connectivity index (χ0n) is 8.46. The van der Waals surface area contributed by atoms with E-state index in [0.717, 1.165) is 5.57 Å². The van der Waals surface area contributed by atoms with Gasteiger partial charge in [0.05, 0.1) is 6.61 Å². The fourth-order valence-corrected chi connectivity index (χ4v) is 1.24. The van der Waals surface area contributed by atoms with Crippen LogP contribution in [0.1, 0.15) is 23.6 Å². The van der Waals surface area contributed by atoms with Gasteiger partial charge in [0.25, 0.3) is 0 Å². The molecule has 0 spiro atoms. The van der Waals surface area contributed by atoms with Gasteiger partial charge in [-0.1, -0.05) is 24.3 Å². The van der Waals surface area contributed by atoms with Crippen LogP contribution in [0.3, 0.4) is 0 Å². The average Bonchev–Trinajstić information content (AvgIpc) is 2.13. The summed E-state index contributed by atoms with van der Waals surface area (Å²) in [6.07, 6.45) is 2.03. The molecule has 1 nitrogen and oxygen atoms in total. The minimum atomic E-state index is 0.132. The van der Waals surface area contributed by atoms with Gasteiger partial charge < -0.3 is 5.11 Å². The molecule has 0 aliphatic carbocycles. The first-order chi connectivity index (χ1) is 6.15. The van der Waals surface area contributed by atoms with Crippen LogP contribution in [0.15, 0.2) is 23.8 Å². The summed E-state index contributed by atoms with van der Waals surface area (Å²) in [7, 11) is 0. The van der Waals surface area contributed by atoms with Crippen LogP contribution >= 0.6 is 0 Å². The first-order valence-corrected chi connectivity index (χ1v) is 4.49. The summed E-state index contributed by atoms with van der Waals surface area (Å²) in [5.74, 6) is 0. The van der Waals surface area contributed by atoms with Gasteiger partial charge in [0, 0.05) is 0 Å². The standard InChI is InChI=1S/C12H16O/c1-9(8-13)7-12-6-4-5-10(2)11(12)3/h4-7,13H,8H2,1-3H3/b9-7-. The first kappa shape index (κ1) is 10.0. The van der Waals surface area contributed by atoms with Crippen molar-refractivity contribution < 1.29 is 5.11 Å². The van der Waals surface area contributed by atoms with Gasteiger partial charge in [-0.2, -0.15) is 0 Å². The van der Waals surface area contributed by atoms with Crippen LogP contribution < -0.4 is 0 Å². The minimum absolute atomic E-state index is 0.132. The van der Waals surface area contributed by atoms with Gasteiger partial charge in [-0.05, 0) is 43.0 Å². The van der Waals surface area contributed by atoms with Crippen molar-refractivity contribution in [2.75, 3.05) is 6.61 Å². The van der Waals surface area contributed by atoms with E-state index in [2.05, 4.69) is 26.0 Å². The monoisotopic (exact) mass is 176 g/mol. The first-order valence-electron chi connectivity index (χ1n) is 4.49. The lowest BCUT2D eigenvalue weighted by Crippen LogP contribution is -1.88. The summed E-state index contributed by atoms with van der Waals surface area (Å²) in [4.78, 5) is 0. The molecule has 1 rings (SSSR count). The third kappa shape index (κ3) is 2.43. The minimum Gasteiger partial charge on any atom is -0.392 e. The molecule has 0 heterocycles. The quantitative estimate of drug-likeness (QED) is 0.734. The molecule has 0 unspecified atom stereocenters. The van der Waals surface area contributed by atoms with Gasteiger partial charge in [-0.15, -0.1) is 0 Å². The Kier molecular flexibility index (Phi) is 3.26. The second-order valence-corrected chi connectivity index (χ2v) is 3.44. The summed E-state index contributed by atoms with van der Waals surface area (Å²) in [6.45, 7) is 6.27. The van der Waals surface area contributed by atoms with Crippen molar-refractivity contribution in [3.8, 4) is 0 Å². The Morgan fingerprint density at radius 2 is 2.08 bits per heavy atom. The molecule has 0 aromatic heterocycles. The second kappa shape index (κ2) is 4.24. The van der Waals surface area contributed by atoms with Crippen molar-refractivity contribution in [3.63, 3.8) is 0 Å². The van der Waals surface area contributed by atoms with Gasteiger partial charge in [0.15, 0.2) is 0 Å². The highest BCUT2D eigenvalue weighted by atomic mass is 16.3. The molecule has 0 fully saturated rings. The van der Waals surface area contributed by atoms with Gasteiger partial charge in [-0.25, -0.2) is 0 Å². The molecule has 1 heteroatoms. The Morgan fingerprint density at radius 1 is 1.38 bits per heavy atom. The predicted octanol–water partition coefficient (Wildman–Crippen LogP) is 2.70. The van der Waals surface area contributed by atoms with Gasteiger partial charge in [-0.3, -0.25) is 0 Å². The molecule has 0 saturated heterocycles. The molecular formula is C12H16O. The van der Waals surface area contributed by atoms with Crippen LogP contribution in [0.25, 0.3) is 6.08 Å². The molecule has 0 aliphatic heterocycles. The molecule has 1 N–H and O–H groups in total. The zero-order chi connectivity index (χ0) is 9.84. The van der Waals surface area contributed by atoms with E-state index < -0.39 is 0 Å². The third-order valence-electron chi connectivity index (χ3n) is 2.30. The highest BCUT2D eigenvalue weighted by Gasteiger charge is 1.97. The summed E-state index contributed by atoms with van der Waals surface area (Å²) in [5.41, 5.74) is 4.77. The number of aliphatic hydroxyl groups excluding tert-OH is 1. The van der Waals surface area contributed by atoms with Gasteiger partial charge in [0.2, 0.25) is 0 Å². The molecule has 0 saturated carbocycles. The lowest BCUT2D eigenvalue weighted by atomic mass is 10.0.